The number of carbonyl (C=O) groups excluding carboxylic acids is 1. The molecule has 0 spiro atoms. The van der Waals surface area contributed by atoms with Gasteiger partial charge in [-0.2, -0.15) is 0 Å². The Labute approximate surface area is 158 Å². The van der Waals surface area contributed by atoms with Gasteiger partial charge >= 0.3 is 6.03 Å². The summed E-state index contributed by atoms with van der Waals surface area (Å²) in [6, 6.07) is 24.4. The van der Waals surface area contributed by atoms with E-state index in [2.05, 4.69) is 10.6 Å². The zero-order valence-electron chi connectivity index (χ0n) is 15.3. The Morgan fingerprint density at radius 2 is 1.33 bits per heavy atom. The van der Waals surface area contributed by atoms with E-state index in [0.29, 0.717) is 17.2 Å². The van der Waals surface area contributed by atoms with Crippen LogP contribution in [-0.4, -0.2) is 20.3 Å². The molecule has 2 amide bonds. The van der Waals surface area contributed by atoms with Gasteiger partial charge in [-0.05, 0) is 23.3 Å². The number of urea groups is 1. The summed E-state index contributed by atoms with van der Waals surface area (Å²) in [6.07, 6.45) is 0. The van der Waals surface area contributed by atoms with Crippen molar-refractivity contribution in [2.75, 3.05) is 19.5 Å². The highest BCUT2D eigenvalue weighted by Gasteiger charge is 2.17. The van der Waals surface area contributed by atoms with Gasteiger partial charge in [0.05, 0.1) is 20.3 Å². The first-order chi connectivity index (χ1) is 13.2. The summed E-state index contributed by atoms with van der Waals surface area (Å²) in [5.41, 5.74) is 2.63. The Morgan fingerprint density at radius 3 is 1.85 bits per heavy atom. The largest absolute Gasteiger partial charge is 0.493 e. The van der Waals surface area contributed by atoms with E-state index in [9.17, 15) is 4.79 Å². The van der Waals surface area contributed by atoms with E-state index in [1.165, 1.54) is 0 Å². The van der Waals surface area contributed by atoms with Crippen molar-refractivity contribution in [3.8, 4) is 11.5 Å². The number of rotatable bonds is 6. The van der Waals surface area contributed by atoms with Gasteiger partial charge in [0.2, 0.25) is 0 Å². The van der Waals surface area contributed by atoms with E-state index in [-0.39, 0.29) is 12.1 Å². The van der Waals surface area contributed by atoms with E-state index in [4.69, 9.17) is 9.47 Å². The monoisotopic (exact) mass is 362 g/mol. The fraction of sp³-hybridized carbons (Fsp3) is 0.136. The van der Waals surface area contributed by atoms with Gasteiger partial charge in [0.25, 0.3) is 0 Å². The van der Waals surface area contributed by atoms with Crippen molar-refractivity contribution in [2.45, 2.75) is 6.04 Å². The number of methoxy groups -OCH3 is 2. The summed E-state index contributed by atoms with van der Waals surface area (Å²) in [5.74, 6) is 1.16. The summed E-state index contributed by atoms with van der Waals surface area (Å²) in [5, 5.41) is 5.89. The molecule has 138 valence electrons. The molecule has 0 fully saturated rings. The SMILES string of the molecule is COc1ccc(NC(=O)NC(c2ccccc2)c2ccccc2)cc1OC. The minimum Gasteiger partial charge on any atom is -0.493 e. The van der Waals surface area contributed by atoms with Crippen LogP contribution >= 0.6 is 0 Å². The Balaban J connectivity index is 1.79. The molecule has 5 heteroatoms. The van der Waals surface area contributed by atoms with Gasteiger partial charge in [-0.15, -0.1) is 0 Å². The number of carbonyl (C=O) groups is 1. The molecule has 0 aliphatic carbocycles. The molecule has 0 aliphatic rings. The smallest absolute Gasteiger partial charge is 0.319 e. The number of anilines is 1. The molecule has 2 N–H and O–H groups in total. The minimum atomic E-state index is -0.306. The van der Waals surface area contributed by atoms with E-state index in [0.717, 1.165) is 11.1 Å². The first kappa shape index (κ1) is 18.3. The molecule has 0 aliphatic heterocycles. The van der Waals surface area contributed by atoms with Gasteiger partial charge in [-0.1, -0.05) is 60.7 Å². The van der Waals surface area contributed by atoms with Gasteiger partial charge in [0, 0.05) is 11.8 Å². The number of nitrogens with one attached hydrogen (secondary N) is 2. The van der Waals surface area contributed by atoms with Crippen molar-refractivity contribution in [1.29, 1.82) is 0 Å². The van der Waals surface area contributed by atoms with Gasteiger partial charge in [-0.25, -0.2) is 4.79 Å². The van der Waals surface area contributed by atoms with E-state index in [1.54, 1.807) is 32.4 Å². The lowest BCUT2D eigenvalue weighted by Crippen LogP contribution is -2.33. The molecular weight excluding hydrogens is 340 g/mol. The van der Waals surface area contributed by atoms with Crippen molar-refractivity contribution >= 4 is 11.7 Å². The lowest BCUT2D eigenvalue weighted by molar-refractivity contribution is 0.250. The maximum atomic E-state index is 12.6. The van der Waals surface area contributed by atoms with Crippen molar-refractivity contribution in [2.24, 2.45) is 0 Å². The van der Waals surface area contributed by atoms with Gasteiger partial charge in [-0.3, -0.25) is 0 Å². The van der Waals surface area contributed by atoms with E-state index >= 15 is 0 Å². The second-order valence-electron chi connectivity index (χ2n) is 5.92. The first-order valence-corrected chi connectivity index (χ1v) is 8.60. The normalized spacial score (nSPS) is 10.3. The second kappa shape index (κ2) is 8.76. The third-order valence-corrected chi connectivity index (χ3v) is 4.18. The summed E-state index contributed by atoms with van der Waals surface area (Å²) >= 11 is 0. The molecule has 0 atom stereocenters. The van der Waals surface area contributed by atoms with Crippen LogP contribution in [0.3, 0.4) is 0 Å². The molecule has 0 radical (unpaired) electrons. The number of amides is 2. The van der Waals surface area contributed by atoms with Crippen LogP contribution in [-0.2, 0) is 0 Å². The minimum absolute atomic E-state index is 0.257. The number of benzene rings is 3. The van der Waals surface area contributed by atoms with Crippen molar-refractivity contribution in [1.82, 2.24) is 5.32 Å². The predicted molar refractivity (Wildman–Crippen MR) is 106 cm³/mol. The van der Waals surface area contributed by atoms with Crippen LogP contribution in [0, 0.1) is 0 Å². The average molecular weight is 362 g/mol. The molecular formula is C22H22N2O3. The molecule has 3 aromatic rings. The topological polar surface area (TPSA) is 59.6 Å². The maximum Gasteiger partial charge on any atom is 0.319 e. The second-order valence-corrected chi connectivity index (χ2v) is 5.92. The van der Waals surface area contributed by atoms with Crippen LogP contribution in [0.25, 0.3) is 0 Å². The Bertz CT molecular complexity index is 843. The highest BCUT2D eigenvalue weighted by molar-refractivity contribution is 5.90. The Morgan fingerprint density at radius 1 is 0.778 bits per heavy atom. The van der Waals surface area contributed by atoms with E-state index < -0.39 is 0 Å². The molecule has 27 heavy (non-hydrogen) atoms. The molecule has 5 nitrogen and oxygen atoms in total. The summed E-state index contributed by atoms with van der Waals surface area (Å²) < 4.78 is 10.5. The molecule has 0 heterocycles. The Kier molecular flexibility index (Phi) is 5.94. The number of hydrogen-bond acceptors (Lipinski definition) is 3. The molecule has 0 aromatic heterocycles. The highest BCUT2D eigenvalue weighted by Crippen LogP contribution is 2.30. The van der Waals surface area contributed by atoms with Gasteiger partial charge in [0.1, 0.15) is 0 Å². The average Bonchev–Trinajstić information content (AvgIpc) is 2.73. The zero-order valence-corrected chi connectivity index (χ0v) is 15.3. The van der Waals surface area contributed by atoms with Crippen LogP contribution in [0.4, 0.5) is 10.5 Å². The van der Waals surface area contributed by atoms with Crippen LogP contribution in [0.1, 0.15) is 17.2 Å². The lowest BCUT2D eigenvalue weighted by atomic mass is 9.99. The standard InChI is InChI=1S/C22H22N2O3/c1-26-19-14-13-18(15-20(19)27-2)23-22(25)24-21(16-9-5-3-6-10-16)17-11-7-4-8-12-17/h3-15,21H,1-2H3,(H2,23,24,25). The molecule has 0 unspecified atom stereocenters. The first-order valence-electron chi connectivity index (χ1n) is 8.60. The quantitative estimate of drug-likeness (QED) is 0.673. The van der Waals surface area contributed by atoms with Crippen LogP contribution in [0.2, 0.25) is 0 Å². The third-order valence-electron chi connectivity index (χ3n) is 4.18. The van der Waals surface area contributed by atoms with Crippen LogP contribution in [0.15, 0.2) is 78.9 Å². The molecule has 0 saturated heterocycles. The Hall–Kier alpha value is -3.47. The summed E-state index contributed by atoms with van der Waals surface area (Å²) in [6.45, 7) is 0. The van der Waals surface area contributed by atoms with Gasteiger partial charge in [0.15, 0.2) is 11.5 Å². The van der Waals surface area contributed by atoms with Crippen LogP contribution < -0.4 is 20.1 Å². The molecule has 3 aromatic carbocycles. The van der Waals surface area contributed by atoms with Gasteiger partial charge < -0.3 is 20.1 Å². The molecule has 0 saturated carbocycles. The summed E-state index contributed by atoms with van der Waals surface area (Å²) in [7, 11) is 3.13. The highest BCUT2D eigenvalue weighted by atomic mass is 16.5. The van der Waals surface area contributed by atoms with Crippen LogP contribution in [0.5, 0.6) is 11.5 Å². The molecule has 0 bridgehead atoms. The van der Waals surface area contributed by atoms with E-state index in [1.807, 2.05) is 60.7 Å². The fourth-order valence-electron chi connectivity index (χ4n) is 2.86. The molecule has 3 rings (SSSR count). The number of hydrogen-bond donors (Lipinski definition) is 2. The van der Waals surface area contributed by atoms with Crippen molar-refractivity contribution in [3.05, 3.63) is 90.0 Å². The van der Waals surface area contributed by atoms with Crippen molar-refractivity contribution < 1.29 is 14.3 Å². The fourth-order valence-corrected chi connectivity index (χ4v) is 2.86. The lowest BCUT2D eigenvalue weighted by Gasteiger charge is -2.20. The third kappa shape index (κ3) is 4.58. The maximum absolute atomic E-state index is 12.6. The van der Waals surface area contributed by atoms with Crippen molar-refractivity contribution in [3.63, 3.8) is 0 Å². The summed E-state index contributed by atoms with van der Waals surface area (Å²) in [4.78, 5) is 12.6. The number of ether oxygens (including phenoxy) is 2. The zero-order chi connectivity index (χ0) is 19.1. The predicted octanol–water partition coefficient (Wildman–Crippen LogP) is 4.61.